The molecule has 0 spiro atoms. The maximum atomic E-state index is 6.16. The largest absolute Gasteiger partial charge is 0.490 e. The fourth-order valence-electron chi connectivity index (χ4n) is 1.95. The maximum absolute atomic E-state index is 6.16. The zero-order valence-electron chi connectivity index (χ0n) is 10.3. The van der Waals surface area contributed by atoms with Crippen LogP contribution in [0.25, 0.3) is 0 Å². The summed E-state index contributed by atoms with van der Waals surface area (Å²) in [7, 11) is 0. The molecule has 19 heavy (non-hydrogen) atoms. The smallest absolute Gasteiger partial charge is 0.119 e. The molecule has 1 aliphatic carbocycles. The highest BCUT2D eigenvalue weighted by atomic mass is 35.5. The lowest BCUT2D eigenvalue weighted by molar-refractivity contribution is 0.303. The molecule has 3 N–H and O–H groups in total. The highest BCUT2D eigenvalue weighted by molar-refractivity contribution is 7.10. The number of benzene rings is 1. The van der Waals surface area contributed by atoms with E-state index in [9.17, 15) is 0 Å². The normalized spacial score (nSPS) is 16.3. The van der Waals surface area contributed by atoms with E-state index >= 15 is 0 Å². The first-order valence-corrected chi connectivity index (χ1v) is 7.49. The Morgan fingerprint density at radius 3 is 2.53 bits per heavy atom. The zero-order chi connectivity index (χ0) is 13.2. The zero-order valence-corrected chi connectivity index (χ0v) is 11.9. The third-order valence-electron chi connectivity index (χ3n) is 3.11. The minimum absolute atomic E-state index is 0.0810. The van der Waals surface area contributed by atoms with Gasteiger partial charge in [0.25, 0.3) is 0 Å². The van der Waals surface area contributed by atoms with Crippen LogP contribution in [0.2, 0.25) is 5.02 Å². The summed E-state index contributed by atoms with van der Waals surface area (Å²) in [6.07, 6.45) is 2.75. The Balaban J connectivity index is 1.81. The first-order valence-electron chi connectivity index (χ1n) is 6.23. The molecular formula is C14H15ClN2OS. The summed E-state index contributed by atoms with van der Waals surface area (Å²) in [4.78, 5) is 1.03. The van der Waals surface area contributed by atoms with Crippen molar-refractivity contribution in [3.05, 3.63) is 51.2 Å². The highest BCUT2D eigenvalue weighted by Gasteiger charge is 2.23. The van der Waals surface area contributed by atoms with Gasteiger partial charge in [-0.05, 0) is 42.0 Å². The number of hydrazine groups is 1. The second-order valence-electron chi connectivity index (χ2n) is 4.62. The number of nitrogens with two attached hydrogens (primary N) is 1. The molecule has 5 heteroatoms. The summed E-state index contributed by atoms with van der Waals surface area (Å²) in [6.45, 7) is 0. The number of thiophene rings is 1. The molecule has 0 aliphatic heterocycles. The van der Waals surface area contributed by atoms with Crippen molar-refractivity contribution in [3.8, 4) is 5.75 Å². The van der Waals surface area contributed by atoms with Gasteiger partial charge in [0.2, 0.25) is 0 Å². The molecule has 0 bridgehead atoms. The average Bonchev–Trinajstić information content (AvgIpc) is 3.14. The predicted octanol–water partition coefficient (Wildman–Crippen LogP) is 3.50. The molecule has 1 aromatic heterocycles. The lowest BCUT2D eigenvalue weighted by Crippen LogP contribution is -2.28. The summed E-state index contributed by atoms with van der Waals surface area (Å²) in [5, 5.41) is 2.71. The third kappa shape index (κ3) is 2.92. The fourth-order valence-corrected chi connectivity index (χ4v) is 3.20. The van der Waals surface area contributed by atoms with Crippen molar-refractivity contribution in [3.63, 3.8) is 0 Å². The first-order chi connectivity index (χ1) is 9.28. The van der Waals surface area contributed by atoms with Crippen LogP contribution in [0.15, 0.2) is 35.7 Å². The summed E-state index contributed by atoms with van der Waals surface area (Å²) >= 11 is 7.76. The number of hydrogen-bond donors (Lipinski definition) is 2. The monoisotopic (exact) mass is 294 g/mol. The fraction of sp³-hybridized carbons (Fsp3) is 0.286. The minimum Gasteiger partial charge on any atom is -0.490 e. The standard InChI is InChI=1S/C14H15ClN2OS/c15-12-7-8-19-14(12)13(17-16)9-1-3-10(4-2-9)18-11-5-6-11/h1-4,7-8,11,13,17H,5-6,16H2. The lowest BCUT2D eigenvalue weighted by Gasteiger charge is -2.16. The Hall–Kier alpha value is -1.07. The second kappa shape index (κ2) is 5.51. The van der Waals surface area contributed by atoms with E-state index in [0.29, 0.717) is 6.10 Å². The predicted molar refractivity (Wildman–Crippen MR) is 78.6 cm³/mol. The van der Waals surface area contributed by atoms with Crippen molar-refractivity contribution < 1.29 is 4.74 Å². The topological polar surface area (TPSA) is 47.3 Å². The molecule has 0 radical (unpaired) electrons. The average molecular weight is 295 g/mol. The lowest BCUT2D eigenvalue weighted by atomic mass is 10.1. The SMILES string of the molecule is NNC(c1ccc(OC2CC2)cc1)c1sccc1Cl. The van der Waals surface area contributed by atoms with E-state index in [0.717, 1.165) is 21.2 Å². The Labute approximate surface area is 121 Å². The van der Waals surface area contributed by atoms with Gasteiger partial charge in [-0.3, -0.25) is 5.84 Å². The van der Waals surface area contributed by atoms with Gasteiger partial charge in [0.15, 0.2) is 0 Å². The molecule has 1 saturated carbocycles. The van der Waals surface area contributed by atoms with Crippen molar-refractivity contribution in [1.82, 2.24) is 5.43 Å². The Kier molecular flexibility index (Phi) is 3.75. The van der Waals surface area contributed by atoms with Crippen molar-refractivity contribution in [2.45, 2.75) is 25.0 Å². The first kappa shape index (κ1) is 12.9. The van der Waals surface area contributed by atoms with Crippen LogP contribution in [0.3, 0.4) is 0 Å². The molecule has 1 unspecified atom stereocenters. The van der Waals surface area contributed by atoms with E-state index in [1.807, 2.05) is 35.7 Å². The van der Waals surface area contributed by atoms with Crippen LogP contribution in [0, 0.1) is 0 Å². The van der Waals surface area contributed by atoms with Crippen LogP contribution in [0.1, 0.15) is 29.3 Å². The summed E-state index contributed by atoms with van der Waals surface area (Å²) < 4.78 is 5.73. The molecule has 100 valence electrons. The van der Waals surface area contributed by atoms with Crippen molar-refractivity contribution in [2.75, 3.05) is 0 Å². The van der Waals surface area contributed by atoms with E-state index in [1.165, 1.54) is 12.8 Å². The molecule has 1 fully saturated rings. The molecule has 1 heterocycles. The number of hydrogen-bond acceptors (Lipinski definition) is 4. The van der Waals surface area contributed by atoms with Crippen LogP contribution in [-0.4, -0.2) is 6.10 Å². The van der Waals surface area contributed by atoms with Gasteiger partial charge < -0.3 is 4.74 Å². The van der Waals surface area contributed by atoms with Crippen molar-refractivity contribution >= 4 is 22.9 Å². The number of halogens is 1. The third-order valence-corrected chi connectivity index (χ3v) is 4.54. The summed E-state index contributed by atoms with van der Waals surface area (Å²) in [6, 6.07) is 9.83. The molecule has 2 aromatic rings. The molecule has 3 nitrogen and oxygen atoms in total. The van der Waals surface area contributed by atoms with Crippen molar-refractivity contribution in [2.24, 2.45) is 5.84 Å². The quantitative estimate of drug-likeness (QED) is 0.655. The van der Waals surface area contributed by atoms with E-state index in [1.54, 1.807) is 11.3 Å². The Morgan fingerprint density at radius 1 is 1.26 bits per heavy atom. The van der Waals surface area contributed by atoms with Gasteiger partial charge in [-0.15, -0.1) is 11.3 Å². The molecule has 0 saturated heterocycles. The maximum Gasteiger partial charge on any atom is 0.119 e. The van der Waals surface area contributed by atoms with Crippen LogP contribution >= 0.6 is 22.9 Å². The molecule has 1 atom stereocenters. The van der Waals surface area contributed by atoms with Gasteiger partial charge in [0, 0.05) is 4.88 Å². The Bertz CT molecular complexity index is 551. The Morgan fingerprint density at radius 2 is 2.00 bits per heavy atom. The van der Waals surface area contributed by atoms with Gasteiger partial charge >= 0.3 is 0 Å². The van der Waals surface area contributed by atoms with Gasteiger partial charge in [-0.25, -0.2) is 5.43 Å². The van der Waals surface area contributed by atoms with E-state index in [2.05, 4.69) is 5.43 Å². The van der Waals surface area contributed by atoms with Gasteiger partial charge in [0.1, 0.15) is 5.75 Å². The highest BCUT2D eigenvalue weighted by Crippen LogP contribution is 2.33. The van der Waals surface area contributed by atoms with Crippen LogP contribution in [-0.2, 0) is 0 Å². The van der Waals surface area contributed by atoms with Gasteiger partial charge in [0.05, 0.1) is 17.2 Å². The number of rotatable bonds is 5. The molecule has 1 aliphatic rings. The van der Waals surface area contributed by atoms with E-state index in [4.69, 9.17) is 22.2 Å². The summed E-state index contributed by atoms with van der Waals surface area (Å²) in [5.74, 6) is 6.58. The summed E-state index contributed by atoms with van der Waals surface area (Å²) in [5.41, 5.74) is 3.90. The second-order valence-corrected chi connectivity index (χ2v) is 5.97. The number of ether oxygens (including phenoxy) is 1. The molecular weight excluding hydrogens is 280 g/mol. The minimum atomic E-state index is -0.0810. The molecule has 1 aromatic carbocycles. The van der Waals surface area contributed by atoms with Crippen molar-refractivity contribution in [1.29, 1.82) is 0 Å². The van der Waals surface area contributed by atoms with Crippen LogP contribution in [0.4, 0.5) is 0 Å². The van der Waals surface area contributed by atoms with E-state index < -0.39 is 0 Å². The van der Waals surface area contributed by atoms with Crippen LogP contribution < -0.4 is 16.0 Å². The molecule has 0 amide bonds. The molecule has 3 rings (SSSR count). The van der Waals surface area contributed by atoms with E-state index in [-0.39, 0.29) is 6.04 Å². The number of nitrogens with one attached hydrogen (secondary N) is 1. The van der Waals surface area contributed by atoms with Crippen LogP contribution in [0.5, 0.6) is 5.75 Å². The van der Waals surface area contributed by atoms with Gasteiger partial charge in [-0.1, -0.05) is 23.7 Å². The van der Waals surface area contributed by atoms with Gasteiger partial charge in [-0.2, -0.15) is 0 Å².